The second-order valence-electron chi connectivity index (χ2n) is 7.96. The van der Waals surface area contributed by atoms with Crippen molar-refractivity contribution in [1.82, 2.24) is 19.9 Å². The van der Waals surface area contributed by atoms with Gasteiger partial charge in [-0.2, -0.15) is 0 Å². The Morgan fingerprint density at radius 2 is 2.00 bits per heavy atom. The molecule has 1 saturated heterocycles. The SMILES string of the molecule is Cc1nc(NCCCN2CCOCC2)cc(Nc2ncc(C(=O)Nc3c(C)cccc3Cl)s2)n1. The molecule has 0 radical (unpaired) electrons. The number of carbonyl (C=O) groups is 1. The summed E-state index contributed by atoms with van der Waals surface area (Å²) in [7, 11) is 0. The molecule has 1 aliphatic heterocycles. The van der Waals surface area contributed by atoms with E-state index in [2.05, 4.69) is 35.8 Å². The highest BCUT2D eigenvalue weighted by Gasteiger charge is 2.15. The van der Waals surface area contributed by atoms with Crippen LogP contribution in [-0.4, -0.2) is 65.2 Å². The van der Waals surface area contributed by atoms with Crippen LogP contribution in [0.15, 0.2) is 30.5 Å². The summed E-state index contributed by atoms with van der Waals surface area (Å²) in [6.45, 7) is 9.20. The molecule has 3 N–H and O–H groups in total. The van der Waals surface area contributed by atoms with Crippen molar-refractivity contribution in [2.24, 2.45) is 0 Å². The Hall–Kier alpha value is -2.79. The van der Waals surface area contributed by atoms with E-state index in [-0.39, 0.29) is 5.91 Å². The summed E-state index contributed by atoms with van der Waals surface area (Å²) in [5.41, 5.74) is 1.50. The van der Waals surface area contributed by atoms with Crippen LogP contribution in [-0.2, 0) is 4.74 Å². The fourth-order valence-electron chi connectivity index (χ4n) is 3.58. The Bertz CT molecular complexity index is 1110. The van der Waals surface area contributed by atoms with Gasteiger partial charge < -0.3 is 20.7 Å². The number of hydrogen-bond acceptors (Lipinski definition) is 9. The van der Waals surface area contributed by atoms with Crippen LogP contribution in [0.4, 0.5) is 22.5 Å². The maximum Gasteiger partial charge on any atom is 0.267 e. The van der Waals surface area contributed by atoms with Crippen molar-refractivity contribution in [3.8, 4) is 0 Å². The molecule has 180 valence electrons. The number of amides is 1. The Morgan fingerprint density at radius 3 is 2.79 bits per heavy atom. The van der Waals surface area contributed by atoms with Gasteiger partial charge in [0.2, 0.25) is 0 Å². The van der Waals surface area contributed by atoms with Crippen LogP contribution >= 0.6 is 22.9 Å². The zero-order chi connectivity index (χ0) is 23.9. The number of anilines is 4. The van der Waals surface area contributed by atoms with E-state index in [4.69, 9.17) is 16.3 Å². The van der Waals surface area contributed by atoms with Crippen LogP contribution < -0.4 is 16.0 Å². The monoisotopic (exact) mass is 501 g/mol. The van der Waals surface area contributed by atoms with Crippen LogP contribution in [0.3, 0.4) is 0 Å². The number of thiazole rings is 1. The van der Waals surface area contributed by atoms with E-state index in [0.717, 1.165) is 57.2 Å². The molecular formula is C23H28ClN7O2S. The normalized spacial score (nSPS) is 14.1. The highest BCUT2D eigenvalue weighted by molar-refractivity contribution is 7.17. The number of morpholine rings is 1. The topological polar surface area (TPSA) is 104 Å². The molecule has 1 fully saturated rings. The zero-order valence-electron chi connectivity index (χ0n) is 19.2. The van der Waals surface area contributed by atoms with Gasteiger partial charge in [-0.1, -0.05) is 35.1 Å². The van der Waals surface area contributed by atoms with Crippen LogP contribution in [0.2, 0.25) is 5.02 Å². The summed E-state index contributed by atoms with van der Waals surface area (Å²) in [6.07, 6.45) is 2.55. The third-order valence-electron chi connectivity index (χ3n) is 5.32. The van der Waals surface area contributed by atoms with E-state index < -0.39 is 0 Å². The smallest absolute Gasteiger partial charge is 0.267 e. The number of ether oxygens (including phenoxy) is 1. The molecule has 0 atom stereocenters. The lowest BCUT2D eigenvalue weighted by molar-refractivity contribution is 0.0378. The van der Waals surface area contributed by atoms with Crippen molar-refractivity contribution in [2.75, 3.05) is 55.3 Å². The molecule has 0 spiro atoms. The summed E-state index contributed by atoms with van der Waals surface area (Å²) < 4.78 is 5.39. The van der Waals surface area contributed by atoms with E-state index >= 15 is 0 Å². The van der Waals surface area contributed by atoms with E-state index in [1.165, 1.54) is 17.5 Å². The number of benzene rings is 1. The Morgan fingerprint density at radius 1 is 1.21 bits per heavy atom. The second-order valence-corrected chi connectivity index (χ2v) is 9.40. The molecule has 0 bridgehead atoms. The van der Waals surface area contributed by atoms with Gasteiger partial charge >= 0.3 is 0 Å². The fourth-order valence-corrected chi connectivity index (χ4v) is 4.57. The number of aromatic nitrogens is 3. The predicted octanol–water partition coefficient (Wildman–Crippen LogP) is 4.33. The largest absolute Gasteiger partial charge is 0.379 e. The number of rotatable bonds is 9. The number of nitrogens with zero attached hydrogens (tertiary/aromatic N) is 4. The molecule has 1 aromatic carbocycles. The van der Waals surface area contributed by atoms with Gasteiger partial charge in [-0.05, 0) is 38.4 Å². The first-order chi connectivity index (χ1) is 16.5. The van der Waals surface area contributed by atoms with Crippen LogP contribution in [0, 0.1) is 13.8 Å². The molecule has 3 heterocycles. The minimum absolute atomic E-state index is 0.261. The Kier molecular flexibility index (Phi) is 8.28. The number of halogens is 1. The highest BCUT2D eigenvalue weighted by Crippen LogP contribution is 2.28. The van der Waals surface area contributed by atoms with Crippen molar-refractivity contribution in [2.45, 2.75) is 20.3 Å². The van der Waals surface area contributed by atoms with Gasteiger partial charge in [0.05, 0.1) is 30.1 Å². The Balaban J connectivity index is 1.33. The van der Waals surface area contributed by atoms with Crippen LogP contribution in [0.5, 0.6) is 0 Å². The van der Waals surface area contributed by atoms with E-state index in [0.29, 0.717) is 32.4 Å². The molecule has 0 unspecified atom stereocenters. The summed E-state index contributed by atoms with van der Waals surface area (Å²) in [5, 5.41) is 10.5. The van der Waals surface area contributed by atoms with Gasteiger partial charge in [0.25, 0.3) is 5.91 Å². The van der Waals surface area contributed by atoms with E-state index in [1.54, 1.807) is 6.07 Å². The standard InChI is InChI=1S/C23H28ClN7O2S/c1-15-5-3-6-17(24)21(15)30-22(32)18-14-26-23(34-18)29-20-13-19(27-16(2)28-20)25-7-4-8-31-9-11-33-12-10-31/h3,5-6,13-14H,4,7-12H2,1-2H3,(H,30,32)(H2,25,26,27,28,29). The first kappa shape index (κ1) is 24.3. The van der Waals surface area contributed by atoms with E-state index in [9.17, 15) is 4.79 Å². The van der Waals surface area contributed by atoms with Crippen molar-refractivity contribution >= 4 is 51.3 Å². The third-order valence-corrected chi connectivity index (χ3v) is 6.55. The maximum atomic E-state index is 12.7. The minimum Gasteiger partial charge on any atom is -0.379 e. The maximum absolute atomic E-state index is 12.7. The summed E-state index contributed by atoms with van der Waals surface area (Å²) in [6, 6.07) is 7.33. The molecule has 9 nitrogen and oxygen atoms in total. The van der Waals surface area contributed by atoms with Gasteiger partial charge in [-0.25, -0.2) is 15.0 Å². The first-order valence-electron chi connectivity index (χ1n) is 11.2. The molecule has 2 aromatic heterocycles. The molecule has 1 amide bonds. The third kappa shape index (κ3) is 6.63. The molecule has 1 aliphatic rings. The zero-order valence-corrected chi connectivity index (χ0v) is 20.8. The average Bonchev–Trinajstić information content (AvgIpc) is 3.28. The Labute approximate surface area is 207 Å². The average molecular weight is 502 g/mol. The second kappa shape index (κ2) is 11.6. The van der Waals surface area contributed by atoms with Crippen LogP contribution in [0.1, 0.15) is 27.5 Å². The first-order valence-corrected chi connectivity index (χ1v) is 12.4. The van der Waals surface area contributed by atoms with Crippen molar-refractivity contribution in [3.63, 3.8) is 0 Å². The minimum atomic E-state index is -0.261. The fraction of sp³-hybridized carbons (Fsp3) is 0.391. The summed E-state index contributed by atoms with van der Waals surface area (Å²) in [4.78, 5) is 28.8. The van der Waals surface area contributed by atoms with E-state index in [1.807, 2.05) is 32.0 Å². The lowest BCUT2D eigenvalue weighted by Gasteiger charge is -2.26. The van der Waals surface area contributed by atoms with Crippen molar-refractivity contribution in [1.29, 1.82) is 0 Å². The van der Waals surface area contributed by atoms with Gasteiger partial charge in [0.1, 0.15) is 22.3 Å². The van der Waals surface area contributed by atoms with Gasteiger partial charge in [-0.3, -0.25) is 9.69 Å². The lowest BCUT2D eigenvalue weighted by atomic mass is 10.2. The molecule has 0 aliphatic carbocycles. The molecule has 34 heavy (non-hydrogen) atoms. The number of hydrogen-bond donors (Lipinski definition) is 3. The van der Waals surface area contributed by atoms with Crippen molar-refractivity contribution < 1.29 is 9.53 Å². The van der Waals surface area contributed by atoms with Gasteiger partial charge in [0.15, 0.2) is 5.13 Å². The summed E-state index contributed by atoms with van der Waals surface area (Å²) >= 11 is 7.46. The molecule has 3 aromatic rings. The number of para-hydroxylation sites is 1. The predicted molar refractivity (Wildman–Crippen MR) is 137 cm³/mol. The molecule has 11 heteroatoms. The van der Waals surface area contributed by atoms with Gasteiger partial charge in [0, 0.05) is 25.7 Å². The number of nitrogens with one attached hydrogen (secondary N) is 3. The molecule has 0 saturated carbocycles. The highest BCUT2D eigenvalue weighted by atomic mass is 35.5. The quantitative estimate of drug-likeness (QED) is 0.372. The lowest BCUT2D eigenvalue weighted by Crippen LogP contribution is -2.37. The molecular weight excluding hydrogens is 474 g/mol. The number of carbonyl (C=O) groups excluding carboxylic acids is 1. The van der Waals surface area contributed by atoms with Gasteiger partial charge in [-0.15, -0.1) is 0 Å². The molecule has 4 rings (SSSR count). The van der Waals surface area contributed by atoms with Crippen molar-refractivity contribution in [3.05, 3.63) is 51.7 Å². The number of aryl methyl sites for hydroxylation is 2. The van der Waals surface area contributed by atoms with Crippen LogP contribution in [0.25, 0.3) is 0 Å². The summed E-state index contributed by atoms with van der Waals surface area (Å²) in [5.74, 6) is 1.75.